The van der Waals surface area contributed by atoms with Crippen LogP contribution in [0.2, 0.25) is 10.0 Å². The summed E-state index contributed by atoms with van der Waals surface area (Å²) in [6.45, 7) is 3.20. The quantitative estimate of drug-likeness (QED) is 0.760. The third-order valence-electron chi connectivity index (χ3n) is 3.58. The molecule has 0 fully saturated rings. The van der Waals surface area contributed by atoms with Crippen LogP contribution >= 0.6 is 23.2 Å². The summed E-state index contributed by atoms with van der Waals surface area (Å²) >= 11 is 12.0. The Labute approximate surface area is 154 Å². The monoisotopic (exact) mass is 385 g/mol. The number of benzene rings is 1. The van der Waals surface area contributed by atoms with Gasteiger partial charge < -0.3 is 10.1 Å². The van der Waals surface area contributed by atoms with Gasteiger partial charge in [0.1, 0.15) is 5.71 Å². The highest BCUT2D eigenvalue weighted by molar-refractivity contribution is 6.37. The summed E-state index contributed by atoms with van der Waals surface area (Å²) in [6, 6.07) is 4.57. The van der Waals surface area contributed by atoms with E-state index in [1.54, 1.807) is 25.1 Å². The fraction of sp³-hybridized carbons (Fsp3) is 0.375. The molecule has 134 valence electrons. The van der Waals surface area contributed by atoms with Crippen molar-refractivity contribution in [3.63, 3.8) is 0 Å². The van der Waals surface area contributed by atoms with Crippen LogP contribution < -0.4 is 10.7 Å². The minimum absolute atomic E-state index is 0.0769. The zero-order valence-corrected chi connectivity index (χ0v) is 15.1. The highest BCUT2D eigenvalue weighted by Gasteiger charge is 2.25. The number of nitrogens with zero attached hydrogens (tertiary/aromatic N) is 1. The van der Waals surface area contributed by atoms with Crippen molar-refractivity contribution in [1.82, 2.24) is 10.7 Å². The summed E-state index contributed by atoms with van der Waals surface area (Å²) in [6.07, 6.45) is -0.697. The zero-order valence-electron chi connectivity index (χ0n) is 13.6. The molecule has 0 unspecified atom stereocenters. The Bertz CT molecular complexity index is 736. The van der Waals surface area contributed by atoms with Gasteiger partial charge in [-0.05, 0) is 31.5 Å². The van der Waals surface area contributed by atoms with Gasteiger partial charge >= 0.3 is 5.97 Å². The highest BCUT2D eigenvalue weighted by atomic mass is 35.5. The molecule has 9 heteroatoms. The van der Waals surface area contributed by atoms with E-state index in [-0.39, 0.29) is 24.5 Å². The number of hydrazone groups is 1. The number of rotatable bonds is 5. The van der Waals surface area contributed by atoms with Gasteiger partial charge in [0.25, 0.3) is 5.91 Å². The van der Waals surface area contributed by atoms with Crippen LogP contribution in [0.4, 0.5) is 0 Å². The molecule has 0 saturated heterocycles. The van der Waals surface area contributed by atoms with E-state index in [2.05, 4.69) is 15.8 Å². The normalized spacial score (nSPS) is 16.3. The van der Waals surface area contributed by atoms with E-state index in [9.17, 15) is 14.4 Å². The maximum absolute atomic E-state index is 12.2. The highest BCUT2D eigenvalue weighted by Crippen LogP contribution is 2.26. The number of ether oxygens (including phenoxy) is 1. The second kappa shape index (κ2) is 8.31. The molecule has 0 saturated carbocycles. The first-order valence-electron chi connectivity index (χ1n) is 7.59. The van der Waals surface area contributed by atoms with Crippen LogP contribution in [0.25, 0.3) is 0 Å². The number of hydrogen-bond acceptors (Lipinski definition) is 5. The average molecular weight is 386 g/mol. The Morgan fingerprint density at radius 3 is 2.60 bits per heavy atom. The number of carbonyl (C=O) groups is 3. The molecule has 0 spiro atoms. The molecule has 0 bridgehead atoms. The lowest BCUT2D eigenvalue weighted by atomic mass is 10.1. The molecule has 0 radical (unpaired) electrons. The van der Waals surface area contributed by atoms with E-state index in [1.165, 1.54) is 6.92 Å². The second-order valence-electron chi connectivity index (χ2n) is 5.54. The molecule has 2 N–H and O–H groups in total. The second-order valence-corrected chi connectivity index (χ2v) is 6.38. The third kappa shape index (κ3) is 5.17. The topological polar surface area (TPSA) is 96.9 Å². The number of amides is 2. The largest absolute Gasteiger partial charge is 0.448 e. The molecule has 7 nitrogen and oxygen atoms in total. The van der Waals surface area contributed by atoms with Gasteiger partial charge in [-0.15, -0.1) is 0 Å². The average Bonchev–Trinajstić information content (AvgIpc) is 2.55. The van der Waals surface area contributed by atoms with Gasteiger partial charge in [0.2, 0.25) is 5.91 Å². The predicted octanol–water partition coefficient (Wildman–Crippen LogP) is 2.37. The smallest absolute Gasteiger partial charge is 0.355 e. The standard InChI is InChI=1S/C16H17Cl2N3O4/c1-8(11-4-3-10(17)7-12(11)18)19-15(23)9(2)25-16(24)13-5-6-14(22)21-20-13/h3-4,7-9H,5-6H2,1-2H3,(H,19,23)(H,21,22)/t8-,9-/m0/s1. The molecule has 2 atom stereocenters. The van der Waals surface area contributed by atoms with Crippen LogP contribution in [-0.4, -0.2) is 29.6 Å². The minimum Gasteiger partial charge on any atom is -0.448 e. The molecule has 1 heterocycles. The van der Waals surface area contributed by atoms with Crippen molar-refractivity contribution in [2.24, 2.45) is 5.10 Å². The number of hydrogen-bond donors (Lipinski definition) is 2. The van der Waals surface area contributed by atoms with Crippen molar-refractivity contribution in [2.45, 2.75) is 38.8 Å². The number of nitrogens with one attached hydrogen (secondary N) is 2. The lowest BCUT2D eigenvalue weighted by Crippen LogP contribution is -2.39. The first-order valence-corrected chi connectivity index (χ1v) is 8.35. The number of esters is 1. The summed E-state index contributed by atoms with van der Waals surface area (Å²) < 4.78 is 5.09. The van der Waals surface area contributed by atoms with E-state index in [0.29, 0.717) is 15.6 Å². The Balaban J connectivity index is 1.93. The molecule has 25 heavy (non-hydrogen) atoms. The lowest BCUT2D eigenvalue weighted by molar-refractivity contribution is -0.149. The Morgan fingerprint density at radius 1 is 1.28 bits per heavy atom. The molecule has 0 aliphatic carbocycles. The van der Waals surface area contributed by atoms with Crippen molar-refractivity contribution >= 4 is 46.7 Å². The molecule has 2 rings (SSSR count). The third-order valence-corrected chi connectivity index (χ3v) is 4.14. The molecule has 1 aliphatic heterocycles. The Morgan fingerprint density at radius 2 is 2.00 bits per heavy atom. The summed E-state index contributed by atoms with van der Waals surface area (Å²) in [5.74, 6) is -1.48. The minimum atomic E-state index is -1.03. The van der Waals surface area contributed by atoms with E-state index < -0.39 is 24.0 Å². The van der Waals surface area contributed by atoms with Gasteiger partial charge in [0, 0.05) is 22.9 Å². The van der Waals surface area contributed by atoms with Crippen LogP contribution in [-0.2, 0) is 19.1 Å². The van der Waals surface area contributed by atoms with Crippen molar-refractivity contribution < 1.29 is 19.1 Å². The predicted molar refractivity (Wildman–Crippen MR) is 93.4 cm³/mol. The van der Waals surface area contributed by atoms with E-state index in [1.807, 2.05) is 0 Å². The van der Waals surface area contributed by atoms with Gasteiger partial charge in [-0.2, -0.15) is 5.10 Å². The van der Waals surface area contributed by atoms with Crippen LogP contribution in [0.5, 0.6) is 0 Å². The molecule has 1 aromatic rings. The van der Waals surface area contributed by atoms with Crippen LogP contribution in [0.1, 0.15) is 38.3 Å². The molecule has 1 aliphatic rings. The first-order chi connectivity index (χ1) is 11.8. The van der Waals surface area contributed by atoms with Crippen molar-refractivity contribution in [3.8, 4) is 0 Å². The Kier molecular flexibility index (Phi) is 6.39. The lowest BCUT2D eigenvalue weighted by Gasteiger charge is -2.20. The van der Waals surface area contributed by atoms with Crippen LogP contribution in [0.15, 0.2) is 23.3 Å². The molecule has 2 amide bonds. The summed E-state index contributed by atoms with van der Waals surface area (Å²) in [5.41, 5.74) is 2.97. The zero-order chi connectivity index (χ0) is 18.6. The molecular formula is C16H17Cl2N3O4. The maximum Gasteiger partial charge on any atom is 0.355 e. The van der Waals surface area contributed by atoms with Gasteiger partial charge in [-0.1, -0.05) is 29.3 Å². The van der Waals surface area contributed by atoms with E-state index in [0.717, 1.165) is 0 Å². The summed E-state index contributed by atoms with van der Waals surface area (Å²) in [5, 5.41) is 7.27. The molecule has 0 aromatic heterocycles. The SMILES string of the molecule is C[C@H](OC(=O)C1=NNC(=O)CC1)C(=O)N[C@@H](C)c1ccc(Cl)cc1Cl. The van der Waals surface area contributed by atoms with Crippen molar-refractivity contribution in [2.75, 3.05) is 0 Å². The number of carbonyl (C=O) groups excluding carboxylic acids is 3. The van der Waals surface area contributed by atoms with Crippen LogP contribution in [0, 0.1) is 0 Å². The Hall–Kier alpha value is -2.12. The van der Waals surface area contributed by atoms with E-state index >= 15 is 0 Å². The fourth-order valence-electron chi connectivity index (χ4n) is 2.16. The van der Waals surface area contributed by atoms with Gasteiger partial charge in [-0.3, -0.25) is 9.59 Å². The molecular weight excluding hydrogens is 369 g/mol. The summed E-state index contributed by atoms with van der Waals surface area (Å²) in [4.78, 5) is 35.2. The fourth-order valence-corrected chi connectivity index (χ4v) is 2.74. The van der Waals surface area contributed by atoms with Gasteiger partial charge in [0.15, 0.2) is 6.10 Å². The van der Waals surface area contributed by atoms with Crippen LogP contribution in [0.3, 0.4) is 0 Å². The summed E-state index contributed by atoms with van der Waals surface area (Å²) in [7, 11) is 0. The van der Waals surface area contributed by atoms with Gasteiger partial charge in [0.05, 0.1) is 6.04 Å². The van der Waals surface area contributed by atoms with E-state index in [4.69, 9.17) is 27.9 Å². The van der Waals surface area contributed by atoms with Crippen molar-refractivity contribution in [1.29, 1.82) is 0 Å². The first kappa shape index (κ1) is 19.2. The maximum atomic E-state index is 12.2. The molecule has 1 aromatic carbocycles. The number of halogens is 2. The van der Waals surface area contributed by atoms with Crippen molar-refractivity contribution in [3.05, 3.63) is 33.8 Å². The van der Waals surface area contributed by atoms with Gasteiger partial charge in [-0.25, -0.2) is 10.2 Å².